The van der Waals surface area contributed by atoms with E-state index in [9.17, 15) is 0 Å². The molecule has 0 saturated carbocycles. The zero-order valence-corrected chi connectivity index (χ0v) is 29.1. The van der Waals surface area contributed by atoms with Crippen molar-refractivity contribution in [2.24, 2.45) is 0 Å². The number of anilines is 3. The maximum absolute atomic E-state index is 6.87. The number of para-hydroxylation sites is 3. The molecule has 3 heterocycles. The van der Waals surface area contributed by atoms with Crippen LogP contribution in [0.25, 0.3) is 83.1 Å². The molecule has 11 rings (SSSR count). The number of benzene rings is 8. The average Bonchev–Trinajstić information content (AvgIpc) is 3.95. The highest BCUT2D eigenvalue weighted by molar-refractivity contribution is 6.21. The first-order valence-electron chi connectivity index (χ1n) is 18.1. The molecule has 254 valence electrons. The van der Waals surface area contributed by atoms with E-state index in [-0.39, 0.29) is 0 Å². The van der Waals surface area contributed by atoms with Crippen LogP contribution in [0, 0.1) is 0 Å². The number of aromatic nitrogens is 2. The third kappa shape index (κ3) is 4.69. The first kappa shape index (κ1) is 30.3. The molecule has 0 fully saturated rings. The van der Waals surface area contributed by atoms with Gasteiger partial charge in [-0.2, -0.15) is 0 Å². The van der Waals surface area contributed by atoms with Crippen molar-refractivity contribution in [1.29, 1.82) is 0 Å². The van der Waals surface area contributed by atoms with Gasteiger partial charge in [-0.05, 0) is 83.9 Å². The number of rotatable bonds is 6. The van der Waals surface area contributed by atoms with Crippen molar-refractivity contribution in [1.82, 2.24) is 9.55 Å². The van der Waals surface area contributed by atoms with E-state index >= 15 is 0 Å². The van der Waals surface area contributed by atoms with Gasteiger partial charge >= 0.3 is 0 Å². The molecule has 0 unspecified atom stereocenters. The summed E-state index contributed by atoms with van der Waals surface area (Å²) in [5.41, 5.74) is 12.7. The van der Waals surface area contributed by atoms with Gasteiger partial charge in [-0.15, -0.1) is 0 Å². The van der Waals surface area contributed by atoms with Gasteiger partial charge in [-0.1, -0.05) is 115 Å². The molecule has 5 nitrogen and oxygen atoms in total. The Labute approximate surface area is 310 Å². The molecule has 0 aliphatic carbocycles. The van der Waals surface area contributed by atoms with E-state index in [1.54, 1.807) is 0 Å². The van der Waals surface area contributed by atoms with Crippen molar-refractivity contribution in [3.63, 3.8) is 0 Å². The number of hydrogen-bond acceptors (Lipinski definition) is 4. The molecule has 0 saturated heterocycles. The fourth-order valence-corrected chi connectivity index (χ4v) is 8.02. The van der Waals surface area contributed by atoms with Crippen LogP contribution in [0.4, 0.5) is 17.1 Å². The summed E-state index contributed by atoms with van der Waals surface area (Å²) in [6, 6.07) is 65.6. The smallest absolute Gasteiger partial charge is 0.227 e. The lowest BCUT2D eigenvalue weighted by molar-refractivity contribution is 0.619. The second kappa shape index (κ2) is 12.1. The van der Waals surface area contributed by atoms with Crippen LogP contribution in [0.3, 0.4) is 0 Å². The Hall–Kier alpha value is -7.37. The minimum Gasteiger partial charge on any atom is -0.454 e. The fraction of sp³-hybridized carbons (Fsp3) is 0. The molecule has 11 aromatic rings. The second-order valence-electron chi connectivity index (χ2n) is 13.5. The number of furan rings is 1. The predicted molar refractivity (Wildman–Crippen MR) is 221 cm³/mol. The SMILES string of the molecule is c1ccc(-c2ccc(N(c3cccc4c3oc3ccc5oc(-c6ccccc6)nc5c34)c3cccc4c3c3ccccc3n4-c3ccccc3)cc2)cc1. The Morgan fingerprint density at radius 3 is 1.83 bits per heavy atom. The lowest BCUT2D eigenvalue weighted by Gasteiger charge is -2.27. The second-order valence-corrected chi connectivity index (χ2v) is 13.5. The van der Waals surface area contributed by atoms with E-state index in [0.717, 1.165) is 83.3 Å². The van der Waals surface area contributed by atoms with Crippen LogP contribution in [0.5, 0.6) is 0 Å². The highest BCUT2D eigenvalue weighted by Crippen LogP contribution is 2.48. The van der Waals surface area contributed by atoms with Crippen LogP contribution in [0.1, 0.15) is 0 Å². The van der Waals surface area contributed by atoms with E-state index in [1.807, 2.05) is 42.5 Å². The average molecular weight is 694 g/mol. The zero-order chi connectivity index (χ0) is 35.6. The number of nitrogens with zero attached hydrogens (tertiary/aromatic N) is 3. The van der Waals surface area contributed by atoms with Gasteiger partial charge in [0.1, 0.15) is 11.1 Å². The van der Waals surface area contributed by atoms with Gasteiger partial charge in [0.05, 0.1) is 27.8 Å². The van der Waals surface area contributed by atoms with Crippen LogP contribution in [0.2, 0.25) is 0 Å². The first-order valence-corrected chi connectivity index (χ1v) is 18.1. The fourth-order valence-electron chi connectivity index (χ4n) is 8.02. The summed E-state index contributed by atoms with van der Waals surface area (Å²) in [4.78, 5) is 7.37. The Kier molecular flexibility index (Phi) is 6.79. The quantitative estimate of drug-likeness (QED) is 0.174. The van der Waals surface area contributed by atoms with Crippen molar-refractivity contribution in [2.45, 2.75) is 0 Å². The van der Waals surface area contributed by atoms with Crippen LogP contribution >= 0.6 is 0 Å². The van der Waals surface area contributed by atoms with Crippen molar-refractivity contribution < 1.29 is 8.83 Å². The van der Waals surface area contributed by atoms with Gasteiger partial charge in [0, 0.05) is 33.1 Å². The Balaban J connectivity index is 1.19. The molecule has 0 atom stereocenters. The predicted octanol–water partition coefficient (Wildman–Crippen LogP) is 13.6. The molecular weight excluding hydrogens is 663 g/mol. The van der Waals surface area contributed by atoms with E-state index in [2.05, 4.69) is 155 Å². The summed E-state index contributed by atoms with van der Waals surface area (Å²) in [6.07, 6.45) is 0. The molecule has 8 aromatic carbocycles. The molecule has 0 aliphatic rings. The number of oxazole rings is 1. The van der Waals surface area contributed by atoms with Gasteiger partial charge in [0.15, 0.2) is 11.2 Å². The topological polar surface area (TPSA) is 47.3 Å². The third-order valence-electron chi connectivity index (χ3n) is 10.4. The van der Waals surface area contributed by atoms with E-state index in [1.165, 1.54) is 10.9 Å². The minimum atomic E-state index is 0.588. The molecule has 0 radical (unpaired) electrons. The standard InChI is InChI=1S/C49H31N3O2/c1-4-14-32(15-5-1)33-26-28-36(29-27-33)52(41-24-13-23-40-45(41)37-20-10-11-22-39(37)51(40)35-18-8-3-9-19-35)42-25-12-21-38-46-43(53-48(38)42)30-31-44-47(46)50-49(54-44)34-16-6-2-7-17-34/h1-31H. The Morgan fingerprint density at radius 2 is 1.04 bits per heavy atom. The normalized spacial score (nSPS) is 11.7. The van der Waals surface area contributed by atoms with Crippen LogP contribution in [-0.4, -0.2) is 9.55 Å². The number of hydrogen-bond donors (Lipinski definition) is 0. The molecule has 0 spiro atoms. The maximum atomic E-state index is 6.87. The van der Waals surface area contributed by atoms with E-state index < -0.39 is 0 Å². The lowest BCUT2D eigenvalue weighted by atomic mass is 10.0. The largest absolute Gasteiger partial charge is 0.454 e. The molecule has 3 aromatic heterocycles. The third-order valence-corrected chi connectivity index (χ3v) is 10.4. The molecular formula is C49H31N3O2. The summed E-state index contributed by atoms with van der Waals surface area (Å²) < 4.78 is 15.5. The Morgan fingerprint density at radius 1 is 0.426 bits per heavy atom. The summed E-state index contributed by atoms with van der Waals surface area (Å²) in [6.45, 7) is 0. The van der Waals surface area contributed by atoms with Gasteiger partial charge in [-0.3, -0.25) is 0 Å². The highest BCUT2D eigenvalue weighted by atomic mass is 16.4. The van der Waals surface area contributed by atoms with E-state index in [0.29, 0.717) is 5.89 Å². The van der Waals surface area contributed by atoms with Crippen LogP contribution in [-0.2, 0) is 0 Å². The molecule has 0 bridgehead atoms. The maximum Gasteiger partial charge on any atom is 0.227 e. The van der Waals surface area contributed by atoms with Crippen LogP contribution < -0.4 is 4.90 Å². The van der Waals surface area contributed by atoms with Crippen molar-refractivity contribution in [2.75, 3.05) is 4.90 Å². The van der Waals surface area contributed by atoms with E-state index in [4.69, 9.17) is 13.8 Å². The monoisotopic (exact) mass is 693 g/mol. The molecule has 5 heteroatoms. The van der Waals surface area contributed by atoms with Gasteiger partial charge in [-0.25, -0.2) is 4.98 Å². The summed E-state index contributed by atoms with van der Waals surface area (Å²) in [7, 11) is 0. The molecule has 0 N–H and O–H groups in total. The first-order chi connectivity index (χ1) is 26.8. The zero-order valence-electron chi connectivity index (χ0n) is 29.1. The van der Waals surface area contributed by atoms with Crippen LogP contribution in [0.15, 0.2) is 197 Å². The Bertz CT molecular complexity index is 3140. The van der Waals surface area contributed by atoms with Gasteiger partial charge < -0.3 is 18.3 Å². The minimum absolute atomic E-state index is 0.588. The summed E-state index contributed by atoms with van der Waals surface area (Å²) >= 11 is 0. The van der Waals surface area contributed by atoms with Gasteiger partial charge in [0.25, 0.3) is 0 Å². The molecule has 54 heavy (non-hydrogen) atoms. The molecule has 0 aliphatic heterocycles. The summed E-state index contributed by atoms with van der Waals surface area (Å²) in [5.74, 6) is 0.588. The van der Waals surface area contributed by atoms with Crippen molar-refractivity contribution in [3.8, 4) is 28.3 Å². The highest BCUT2D eigenvalue weighted by Gasteiger charge is 2.25. The lowest BCUT2D eigenvalue weighted by Crippen LogP contribution is -2.10. The number of fused-ring (bicyclic) bond motifs is 8. The van der Waals surface area contributed by atoms with Gasteiger partial charge in [0.2, 0.25) is 5.89 Å². The summed E-state index contributed by atoms with van der Waals surface area (Å²) in [5, 5.41) is 4.25. The van der Waals surface area contributed by atoms with Crippen molar-refractivity contribution in [3.05, 3.63) is 188 Å². The molecule has 0 amide bonds. The van der Waals surface area contributed by atoms with Crippen molar-refractivity contribution >= 4 is 71.9 Å².